The first kappa shape index (κ1) is 41.7. The van der Waals surface area contributed by atoms with E-state index in [-0.39, 0.29) is 15.8 Å². The minimum Gasteiger partial charge on any atom is -0.102 e. The van der Waals surface area contributed by atoms with Gasteiger partial charge in [0.05, 0.1) is 0 Å². The van der Waals surface area contributed by atoms with E-state index >= 15 is 0 Å². The molecule has 0 bridgehead atoms. The van der Waals surface area contributed by atoms with Crippen molar-refractivity contribution < 1.29 is 0 Å². The summed E-state index contributed by atoms with van der Waals surface area (Å²) in [5.74, 6) is 0. The van der Waals surface area contributed by atoms with Gasteiger partial charge in [-0.05, 0) is 84.6 Å². The van der Waals surface area contributed by atoms with Crippen molar-refractivity contribution in [3.63, 3.8) is 0 Å². The van der Waals surface area contributed by atoms with Crippen LogP contribution < -0.4 is 0 Å². The number of rotatable bonds is 32. The van der Waals surface area contributed by atoms with E-state index < -0.39 is 0 Å². The summed E-state index contributed by atoms with van der Waals surface area (Å²) < 4.78 is 0. The molecule has 264 valence electrons. The number of fused-ring (bicyclic) bond motifs is 1. The van der Waals surface area contributed by atoms with Gasteiger partial charge in [0.2, 0.25) is 0 Å². The molecule has 0 aliphatic rings. The van der Waals surface area contributed by atoms with E-state index in [1.807, 2.05) is 0 Å². The van der Waals surface area contributed by atoms with Gasteiger partial charge in [-0.1, -0.05) is 193 Å². The van der Waals surface area contributed by atoms with Gasteiger partial charge >= 0.3 is 0 Å². The topological polar surface area (TPSA) is 0 Å². The zero-order valence-electron chi connectivity index (χ0n) is 31.6. The van der Waals surface area contributed by atoms with Gasteiger partial charge in [0.15, 0.2) is 0 Å². The maximum Gasteiger partial charge on any atom is -0.00729 e. The molecule has 2 heteroatoms. The minimum absolute atomic E-state index is 0.121. The van der Waals surface area contributed by atoms with E-state index in [4.69, 9.17) is 0 Å². The average molecular weight is 669 g/mol. The van der Waals surface area contributed by atoms with E-state index in [9.17, 15) is 0 Å². The second kappa shape index (κ2) is 29.5. The number of hydrogen-bond donors (Lipinski definition) is 0. The first-order valence-electron chi connectivity index (χ1n) is 20.7. The van der Waals surface area contributed by atoms with Crippen molar-refractivity contribution in [2.45, 2.75) is 194 Å². The third kappa shape index (κ3) is 20.8. The van der Waals surface area contributed by atoms with Gasteiger partial charge in [-0.15, -0.1) is 15.8 Å². The van der Waals surface area contributed by atoms with Crippen LogP contribution in [-0.4, -0.2) is 24.6 Å². The summed E-state index contributed by atoms with van der Waals surface area (Å²) in [5.41, 5.74) is 3.22. The Morgan fingerprint density at radius 1 is 0.326 bits per heavy atom. The predicted octanol–water partition coefficient (Wildman–Crippen LogP) is 16.2. The monoisotopic (exact) mass is 669 g/mol. The van der Waals surface area contributed by atoms with Gasteiger partial charge in [-0.2, -0.15) is 0 Å². The van der Waals surface area contributed by atoms with Crippen molar-refractivity contribution in [3.05, 3.63) is 47.5 Å². The summed E-state index contributed by atoms with van der Waals surface area (Å²) in [7, 11) is 0.241. The van der Waals surface area contributed by atoms with E-state index in [0.29, 0.717) is 0 Å². The fraction of sp³-hybridized carbons (Fsp3) is 0.773. The molecule has 46 heavy (non-hydrogen) atoms. The highest BCUT2D eigenvalue weighted by molar-refractivity contribution is 7.57. The van der Waals surface area contributed by atoms with Gasteiger partial charge in [0.25, 0.3) is 0 Å². The maximum atomic E-state index is 2.56. The van der Waals surface area contributed by atoms with Gasteiger partial charge in [-0.25, -0.2) is 0 Å². The summed E-state index contributed by atoms with van der Waals surface area (Å²) in [5, 5.41) is 2.96. The van der Waals surface area contributed by atoms with Crippen LogP contribution in [0.2, 0.25) is 0 Å². The molecule has 0 unspecified atom stereocenters. The van der Waals surface area contributed by atoms with Crippen LogP contribution in [-0.2, 0) is 12.3 Å². The molecular formula is C44H78P2. The molecule has 0 aliphatic heterocycles. The Morgan fingerprint density at radius 3 is 0.870 bits per heavy atom. The molecule has 2 aromatic carbocycles. The molecule has 0 atom stereocenters. The predicted molar refractivity (Wildman–Crippen MR) is 218 cm³/mol. The SMILES string of the molecule is CCCCCCCCP(CCCCCCCC)Cc1ccc2cc(CP(CCCCCCCC)CCCCCCCC)ccc2c1. The molecule has 0 fully saturated rings. The lowest BCUT2D eigenvalue weighted by atomic mass is 10.1. The first-order valence-corrected chi connectivity index (χ1v) is 24.5. The Labute approximate surface area is 292 Å². The van der Waals surface area contributed by atoms with Crippen LogP contribution in [0.3, 0.4) is 0 Å². The second-order valence-electron chi connectivity index (χ2n) is 14.6. The maximum absolute atomic E-state index is 2.56. The Balaban J connectivity index is 1.96. The van der Waals surface area contributed by atoms with Crippen LogP contribution in [0.1, 0.15) is 193 Å². The Morgan fingerprint density at radius 2 is 0.587 bits per heavy atom. The second-order valence-corrected chi connectivity index (χ2v) is 19.7. The van der Waals surface area contributed by atoms with Crippen molar-refractivity contribution in [1.82, 2.24) is 0 Å². The zero-order valence-corrected chi connectivity index (χ0v) is 33.4. The van der Waals surface area contributed by atoms with Crippen molar-refractivity contribution in [1.29, 1.82) is 0 Å². The summed E-state index contributed by atoms with van der Waals surface area (Å²) in [6.45, 7) is 9.32. The quantitative estimate of drug-likeness (QED) is 0.0538. The Bertz CT molecular complexity index is 843. The molecule has 0 heterocycles. The molecule has 0 nitrogen and oxygen atoms in total. The molecule has 0 spiro atoms. The summed E-state index contributed by atoms with van der Waals surface area (Å²) in [6.07, 6.45) is 43.0. The largest absolute Gasteiger partial charge is 0.102 e. The number of hydrogen-bond acceptors (Lipinski definition) is 0. The van der Waals surface area contributed by atoms with Crippen molar-refractivity contribution >= 4 is 26.6 Å². The van der Waals surface area contributed by atoms with Crippen LogP contribution in [0.4, 0.5) is 0 Å². The summed E-state index contributed by atoms with van der Waals surface area (Å²) in [4.78, 5) is 0. The molecule has 0 saturated carbocycles. The smallest absolute Gasteiger partial charge is 0.00729 e. The van der Waals surface area contributed by atoms with Gasteiger partial charge in [-0.3, -0.25) is 0 Å². The highest BCUT2D eigenvalue weighted by Crippen LogP contribution is 2.44. The summed E-state index contributed by atoms with van der Waals surface area (Å²) >= 11 is 0. The van der Waals surface area contributed by atoms with Gasteiger partial charge in [0.1, 0.15) is 0 Å². The van der Waals surface area contributed by atoms with Crippen LogP contribution in [0, 0.1) is 0 Å². The number of benzene rings is 2. The lowest BCUT2D eigenvalue weighted by molar-refractivity contribution is 0.621. The van der Waals surface area contributed by atoms with Crippen molar-refractivity contribution in [2.24, 2.45) is 0 Å². The third-order valence-electron chi connectivity index (χ3n) is 10.1. The highest BCUT2D eigenvalue weighted by Gasteiger charge is 2.12. The summed E-state index contributed by atoms with van der Waals surface area (Å²) in [6, 6.07) is 15.1. The van der Waals surface area contributed by atoms with E-state index in [0.717, 1.165) is 0 Å². The Hall–Kier alpha value is -0.440. The van der Waals surface area contributed by atoms with Gasteiger partial charge in [0, 0.05) is 0 Å². The fourth-order valence-corrected chi connectivity index (χ4v) is 12.2. The molecular weight excluding hydrogens is 590 g/mol. The van der Waals surface area contributed by atoms with Crippen LogP contribution in [0.25, 0.3) is 10.8 Å². The van der Waals surface area contributed by atoms with Crippen molar-refractivity contribution in [2.75, 3.05) is 24.6 Å². The normalized spacial score (nSPS) is 11.9. The van der Waals surface area contributed by atoms with Crippen LogP contribution >= 0.6 is 15.8 Å². The van der Waals surface area contributed by atoms with Crippen LogP contribution in [0.5, 0.6) is 0 Å². The van der Waals surface area contributed by atoms with E-state index in [2.05, 4.69) is 64.1 Å². The van der Waals surface area contributed by atoms with E-state index in [1.54, 1.807) is 11.1 Å². The molecule has 0 aliphatic carbocycles. The third-order valence-corrected chi connectivity index (χ3v) is 15.5. The molecule has 0 N–H and O–H groups in total. The average Bonchev–Trinajstić information content (AvgIpc) is 3.07. The first-order chi connectivity index (χ1) is 22.7. The van der Waals surface area contributed by atoms with Crippen LogP contribution in [0.15, 0.2) is 36.4 Å². The van der Waals surface area contributed by atoms with Crippen molar-refractivity contribution in [3.8, 4) is 0 Å². The fourth-order valence-electron chi connectivity index (χ4n) is 7.06. The highest BCUT2D eigenvalue weighted by atomic mass is 31.1. The van der Waals surface area contributed by atoms with E-state index in [1.165, 1.54) is 202 Å². The molecule has 0 saturated heterocycles. The zero-order chi connectivity index (χ0) is 32.9. The molecule has 0 amide bonds. The lowest BCUT2D eigenvalue weighted by Gasteiger charge is -2.20. The minimum atomic E-state index is 0.121. The number of unbranched alkanes of at least 4 members (excludes halogenated alkanes) is 20. The molecule has 2 aromatic rings. The molecule has 0 aromatic heterocycles. The molecule has 2 rings (SSSR count). The Kier molecular flexibility index (Phi) is 26.7. The van der Waals surface area contributed by atoms with Gasteiger partial charge < -0.3 is 0 Å². The standard InChI is InChI=1S/C44H78P2/c1-5-9-13-17-21-25-33-45(34-26-22-18-14-10-6-2)39-41-29-31-44-38-42(30-32-43(44)37-41)40-46(35-27-23-19-15-11-7-3)36-28-24-20-16-12-8-4/h29-32,37-38H,5-28,33-36,39-40H2,1-4H3. The lowest BCUT2D eigenvalue weighted by Crippen LogP contribution is -1.97. The molecule has 0 radical (unpaired) electrons.